The Bertz CT molecular complexity index is 620. The number of nitrogens with zero attached hydrogens (tertiary/aromatic N) is 2. The Morgan fingerprint density at radius 1 is 1.27 bits per heavy atom. The number of unbranched alkanes of at least 4 members (excludes halogenated alkanes) is 1. The molecule has 0 spiro atoms. The molecule has 0 saturated carbocycles. The van der Waals surface area contributed by atoms with Crippen LogP contribution in [0.2, 0.25) is 0 Å². The number of likely N-dealkylation sites (N-methyl/N-ethyl adjacent to an activating group) is 1. The average Bonchev–Trinajstić information content (AvgIpc) is 2.61. The molecule has 26 heavy (non-hydrogen) atoms. The van der Waals surface area contributed by atoms with E-state index < -0.39 is 0 Å². The molecular formula is C18H28N4O3S. The van der Waals surface area contributed by atoms with Gasteiger partial charge in [-0.15, -0.1) is 0 Å². The number of carbonyl (C=O) groups excluding carboxylic acids is 1. The number of rotatable bonds is 10. The number of ether oxygens (including phenoxy) is 2. The highest BCUT2D eigenvalue weighted by Crippen LogP contribution is 2.28. The van der Waals surface area contributed by atoms with Crippen molar-refractivity contribution in [3.05, 3.63) is 23.8 Å². The highest BCUT2D eigenvalue weighted by Gasteiger charge is 2.10. The van der Waals surface area contributed by atoms with Crippen LogP contribution >= 0.6 is 12.2 Å². The molecule has 144 valence electrons. The summed E-state index contributed by atoms with van der Waals surface area (Å²) in [5.74, 6) is 0.960. The lowest BCUT2D eigenvalue weighted by Crippen LogP contribution is -2.32. The molecule has 0 saturated heterocycles. The molecule has 0 fully saturated rings. The molecule has 0 atom stereocenters. The number of carbonyl (C=O) groups is 1. The highest BCUT2D eigenvalue weighted by molar-refractivity contribution is 7.80. The third kappa shape index (κ3) is 8.15. The first kappa shape index (κ1) is 21.7. The quantitative estimate of drug-likeness (QED) is 0.280. The normalized spacial score (nSPS) is 10.5. The summed E-state index contributed by atoms with van der Waals surface area (Å²) in [6, 6.07) is 5.39. The zero-order valence-electron chi connectivity index (χ0n) is 15.9. The van der Waals surface area contributed by atoms with Crippen LogP contribution in [0.5, 0.6) is 11.5 Å². The summed E-state index contributed by atoms with van der Waals surface area (Å²) >= 11 is 5.13. The van der Waals surface area contributed by atoms with Gasteiger partial charge >= 0.3 is 0 Å². The van der Waals surface area contributed by atoms with Crippen molar-refractivity contribution in [1.29, 1.82) is 0 Å². The number of thiocarbonyl (C=S) groups is 1. The van der Waals surface area contributed by atoms with Crippen molar-refractivity contribution in [3.63, 3.8) is 0 Å². The molecular weight excluding hydrogens is 352 g/mol. The Morgan fingerprint density at radius 3 is 2.69 bits per heavy atom. The van der Waals surface area contributed by atoms with E-state index in [9.17, 15) is 4.79 Å². The van der Waals surface area contributed by atoms with Gasteiger partial charge < -0.3 is 19.7 Å². The first-order valence-electron chi connectivity index (χ1n) is 8.64. The second kappa shape index (κ2) is 12.1. The molecule has 0 bridgehead atoms. The van der Waals surface area contributed by atoms with Gasteiger partial charge in [-0.2, -0.15) is 5.10 Å². The second-order valence-corrected chi connectivity index (χ2v) is 6.10. The van der Waals surface area contributed by atoms with Gasteiger partial charge in [-0.05, 0) is 49.3 Å². The summed E-state index contributed by atoms with van der Waals surface area (Å²) in [5.41, 5.74) is 3.60. The zero-order chi connectivity index (χ0) is 19.4. The van der Waals surface area contributed by atoms with Gasteiger partial charge in [-0.25, -0.2) is 0 Å². The van der Waals surface area contributed by atoms with E-state index in [1.54, 1.807) is 32.4 Å². The fourth-order valence-electron chi connectivity index (χ4n) is 1.84. The van der Waals surface area contributed by atoms with Gasteiger partial charge in [-0.1, -0.05) is 13.3 Å². The number of hydrogen-bond acceptors (Lipinski definition) is 5. The predicted molar refractivity (Wildman–Crippen MR) is 108 cm³/mol. The minimum atomic E-state index is -0.119. The first-order chi connectivity index (χ1) is 12.5. The van der Waals surface area contributed by atoms with Crippen molar-refractivity contribution in [3.8, 4) is 11.5 Å². The zero-order valence-corrected chi connectivity index (χ0v) is 16.7. The van der Waals surface area contributed by atoms with Crippen molar-refractivity contribution in [2.45, 2.75) is 26.7 Å². The van der Waals surface area contributed by atoms with E-state index >= 15 is 0 Å². The van der Waals surface area contributed by atoms with E-state index in [1.807, 2.05) is 13.0 Å². The predicted octanol–water partition coefficient (Wildman–Crippen LogP) is 2.15. The lowest BCUT2D eigenvalue weighted by molar-refractivity contribution is -0.130. The van der Waals surface area contributed by atoms with Crippen LogP contribution in [-0.4, -0.2) is 56.0 Å². The maximum atomic E-state index is 11.7. The molecule has 0 aromatic heterocycles. The number of nitrogens with one attached hydrogen (secondary N) is 2. The van der Waals surface area contributed by atoms with E-state index in [2.05, 4.69) is 22.8 Å². The number of benzene rings is 1. The first-order valence-corrected chi connectivity index (χ1v) is 9.05. The maximum Gasteiger partial charge on any atom is 0.259 e. The fraction of sp³-hybridized carbons (Fsp3) is 0.500. The monoisotopic (exact) mass is 380 g/mol. The van der Waals surface area contributed by atoms with Crippen LogP contribution < -0.4 is 20.2 Å². The number of hydrogen-bond donors (Lipinski definition) is 2. The van der Waals surface area contributed by atoms with Gasteiger partial charge in [0.15, 0.2) is 23.2 Å². The molecule has 2 N–H and O–H groups in total. The third-order valence-corrected chi connectivity index (χ3v) is 3.55. The van der Waals surface area contributed by atoms with Crippen LogP contribution in [0, 0.1) is 0 Å². The lowest BCUT2D eigenvalue weighted by atomic mass is 10.2. The van der Waals surface area contributed by atoms with Crippen molar-refractivity contribution >= 4 is 29.5 Å². The van der Waals surface area contributed by atoms with Crippen LogP contribution in [0.4, 0.5) is 0 Å². The van der Waals surface area contributed by atoms with Gasteiger partial charge in [0, 0.05) is 20.6 Å². The van der Waals surface area contributed by atoms with Crippen molar-refractivity contribution in [1.82, 2.24) is 15.6 Å². The largest absolute Gasteiger partial charge is 0.490 e. The Balaban J connectivity index is 2.67. The third-order valence-electron chi connectivity index (χ3n) is 3.31. The molecule has 0 aliphatic heterocycles. The molecule has 0 aliphatic carbocycles. The molecule has 0 heterocycles. The van der Waals surface area contributed by atoms with Crippen LogP contribution in [0.3, 0.4) is 0 Å². The molecule has 7 nitrogen and oxygen atoms in total. The number of hydrazone groups is 1. The van der Waals surface area contributed by atoms with E-state index in [0.717, 1.165) is 24.9 Å². The molecule has 0 aliphatic rings. The molecule has 1 aromatic rings. The summed E-state index contributed by atoms with van der Waals surface area (Å²) in [5, 5.41) is 7.67. The smallest absolute Gasteiger partial charge is 0.259 e. The summed E-state index contributed by atoms with van der Waals surface area (Å²) in [6.07, 6.45) is 3.81. The van der Waals surface area contributed by atoms with E-state index in [1.165, 1.54) is 4.90 Å². The van der Waals surface area contributed by atoms with Crippen LogP contribution in [0.1, 0.15) is 32.3 Å². The minimum absolute atomic E-state index is 0.0419. The molecule has 0 unspecified atom stereocenters. The van der Waals surface area contributed by atoms with Gasteiger partial charge in [0.25, 0.3) is 5.91 Å². The van der Waals surface area contributed by atoms with Crippen molar-refractivity contribution in [2.24, 2.45) is 5.10 Å². The van der Waals surface area contributed by atoms with Gasteiger partial charge in [0.2, 0.25) is 0 Å². The van der Waals surface area contributed by atoms with Gasteiger partial charge in [-0.3, -0.25) is 10.2 Å². The standard InChI is InChI=1S/C18H28N4O3S/c1-5-7-10-19-18(26)21-20-12-14-8-9-15(16(11-14)24-6-2)25-13-17(23)22(3)4/h8-9,11-12H,5-7,10,13H2,1-4H3,(H2,19,21,26)/b20-12-. The van der Waals surface area contributed by atoms with Gasteiger partial charge in [0.05, 0.1) is 12.8 Å². The second-order valence-electron chi connectivity index (χ2n) is 5.70. The summed E-state index contributed by atoms with van der Waals surface area (Å²) in [6.45, 7) is 5.28. The minimum Gasteiger partial charge on any atom is -0.490 e. The van der Waals surface area contributed by atoms with E-state index in [4.69, 9.17) is 21.7 Å². The van der Waals surface area contributed by atoms with Crippen LogP contribution in [0.15, 0.2) is 23.3 Å². The number of amides is 1. The molecule has 1 amide bonds. The Kier molecular flexibility index (Phi) is 10.1. The van der Waals surface area contributed by atoms with Crippen molar-refractivity contribution in [2.75, 3.05) is 33.9 Å². The molecule has 1 aromatic carbocycles. The molecule has 1 rings (SSSR count). The summed E-state index contributed by atoms with van der Waals surface area (Å²) < 4.78 is 11.2. The SMILES string of the molecule is CCCCNC(=S)N/N=C\c1ccc(OCC(=O)N(C)C)c(OCC)c1. The highest BCUT2D eigenvalue weighted by atomic mass is 32.1. The van der Waals surface area contributed by atoms with Crippen LogP contribution in [0.25, 0.3) is 0 Å². The molecule has 0 radical (unpaired) electrons. The van der Waals surface area contributed by atoms with Gasteiger partial charge in [0.1, 0.15) is 0 Å². The lowest BCUT2D eigenvalue weighted by Gasteiger charge is -2.14. The molecule has 8 heteroatoms. The maximum absolute atomic E-state index is 11.7. The Labute approximate surface area is 160 Å². The van der Waals surface area contributed by atoms with Crippen molar-refractivity contribution < 1.29 is 14.3 Å². The summed E-state index contributed by atoms with van der Waals surface area (Å²) in [7, 11) is 3.37. The van der Waals surface area contributed by atoms with E-state index in [0.29, 0.717) is 23.2 Å². The fourth-order valence-corrected chi connectivity index (χ4v) is 2.00. The topological polar surface area (TPSA) is 75.2 Å². The average molecular weight is 381 g/mol. The Morgan fingerprint density at radius 2 is 2.04 bits per heavy atom. The Hall–Kier alpha value is -2.35. The van der Waals surface area contributed by atoms with E-state index in [-0.39, 0.29) is 12.5 Å². The summed E-state index contributed by atoms with van der Waals surface area (Å²) in [4.78, 5) is 13.1. The van der Waals surface area contributed by atoms with Crippen LogP contribution in [-0.2, 0) is 4.79 Å².